The van der Waals surface area contributed by atoms with Crippen LogP contribution in [0.1, 0.15) is 40.5 Å². The SMILES string of the molecule is CC(C)N(C(=O)CN1CCC(N2CC(=O)N(c3ccccc3)C2=O)CC1)C(C)C. The highest BCUT2D eigenvalue weighted by molar-refractivity contribution is 6.19. The van der Waals surface area contributed by atoms with Crippen LogP contribution in [0.4, 0.5) is 10.5 Å². The first-order valence-electron chi connectivity index (χ1n) is 10.5. The van der Waals surface area contributed by atoms with E-state index in [2.05, 4.69) is 4.90 Å². The molecule has 0 aromatic heterocycles. The number of hydrogen-bond donors (Lipinski definition) is 0. The number of hydrogen-bond acceptors (Lipinski definition) is 4. The molecule has 4 amide bonds. The molecule has 1 aromatic carbocycles. The van der Waals surface area contributed by atoms with Crippen molar-refractivity contribution in [3.05, 3.63) is 30.3 Å². The summed E-state index contributed by atoms with van der Waals surface area (Å²) in [5.41, 5.74) is 0.621. The maximum atomic E-state index is 12.9. The van der Waals surface area contributed by atoms with Crippen LogP contribution in [0.25, 0.3) is 0 Å². The molecule has 29 heavy (non-hydrogen) atoms. The standard InChI is InChI=1S/C22H32N4O3/c1-16(2)25(17(3)4)20(27)14-23-12-10-18(11-13-23)24-15-21(28)26(22(24)29)19-8-6-5-7-9-19/h5-9,16-18H,10-15H2,1-4H3. The molecule has 0 saturated carbocycles. The number of rotatable bonds is 6. The van der Waals surface area contributed by atoms with Gasteiger partial charge in [0.05, 0.1) is 12.2 Å². The third-order valence-electron chi connectivity index (χ3n) is 5.76. The van der Waals surface area contributed by atoms with Gasteiger partial charge in [0, 0.05) is 31.2 Å². The second-order valence-electron chi connectivity index (χ2n) is 8.47. The van der Waals surface area contributed by atoms with Crippen molar-refractivity contribution < 1.29 is 14.4 Å². The molecule has 0 unspecified atom stereocenters. The summed E-state index contributed by atoms with van der Waals surface area (Å²) in [6, 6.07) is 9.24. The topological polar surface area (TPSA) is 64.2 Å². The molecular formula is C22H32N4O3. The van der Waals surface area contributed by atoms with E-state index in [1.807, 2.05) is 50.8 Å². The fourth-order valence-corrected chi connectivity index (χ4v) is 4.47. The van der Waals surface area contributed by atoms with E-state index in [1.54, 1.807) is 17.0 Å². The van der Waals surface area contributed by atoms with Crippen LogP contribution in [-0.2, 0) is 9.59 Å². The van der Waals surface area contributed by atoms with Gasteiger partial charge in [-0.2, -0.15) is 0 Å². The number of piperidine rings is 1. The maximum Gasteiger partial charge on any atom is 0.332 e. The van der Waals surface area contributed by atoms with E-state index < -0.39 is 0 Å². The number of benzene rings is 1. The molecular weight excluding hydrogens is 368 g/mol. The van der Waals surface area contributed by atoms with Gasteiger partial charge in [-0.05, 0) is 52.7 Å². The Bertz CT molecular complexity index is 734. The van der Waals surface area contributed by atoms with Crippen molar-refractivity contribution >= 4 is 23.5 Å². The summed E-state index contributed by atoms with van der Waals surface area (Å²) in [4.78, 5) is 45.1. The van der Waals surface area contributed by atoms with Crippen molar-refractivity contribution in [3.8, 4) is 0 Å². The molecule has 0 bridgehead atoms. The van der Waals surface area contributed by atoms with Crippen molar-refractivity contribution in [1.29, 1.82) is 0 Å². The van der Waals surface area contributed by atoms with Crippen LogP contribution in [-0.4, -0.2) is 76.8 Å². The minimum atomic E-state index is -0.235. The fraction of sp³-hybridized carbons (Fsp3) is 0.591. The van der Waals surface area contributed by atoms with Gasteiger partial charge in [0.2, 0.25) is 5.91 Å². The Morgan fingerprint density at radius 1 is 1.03 bits per heavy atom. The molecule has 7 nitrogen and oxygen atoms in total. The van der Waals surface area contributed by atoms with E-state index in [-0.39, 0.29) is 42.5 Å². The lowest BCUT2D eigenvalue weighted by atomic mass is 10.0. The number of anilines is 1. The Balaban J connectivity index is 1.56. The lowest BCUT2D eigenvalue weighted by molar-refractivity contribution is -0.136. The molecule has 0 radical (unpaired) electrons. The zero-order valence-electron chi connectivity index (χ0n) is 17.9. The molecule has 158 valence electrons. The molecule has 3 rings (SSSR count). The van der Waals surface area contributed by atoms with Crippen LogP contribution in [0, 0.1) is 0 Å². The molecule has 0 spiro atoms. The number of carbonyl (C=O) groups is 3. The van der Waals surface area contributed by atoms with E-state index >= 15 is 0 Å². The molecule has 1 aromatic rings. The van der Waals surface area contributed by atoms with E-state index in [0.717, 1.165) is 25.9 Å². The number of para-hydroxylation sites is 1. The first-order chi connectivity index (χ1) is 13.8. The predicted octanol–water partition coefficient (Wildman–Crippen LogP) is 2.57. The second-order valence-corrected chi connectivity index (χ2v) is 8.47. The highest BCUT2D eigenvalue weighted by atomic mass is 16.2. The normalized spacial score (nSPS) is 19.0. The molecule has 0 aliphatic carbocycles. The van der Waals surface area contributed by atoms with Crippen LogP contribution >= 0.6 is 0 Å². The van der Waals surface area contributed by atoms with E-state index in [1.165, 1.54) is 4.90 Å². The highest BCUT2D eigenvalue weighted by Gasteiger charge is 2.41. The predicted molar refractivity (Wildman–Crippen MR) is 113 cm³/mol. The molecule has 2 aliphatic rings. The lowest BCUT2D eigenvalue weighted by Crippen LogP contribution is -2.51. The maximum absolute atomic E-state index is 12.9. The fourth-order valence-electron chi connectivity index (χ4n) is 4.47. The first kappa shape index (κ1) is 21.3. The molecule has 7 heteroatoms. The number of nitrogens with zero attached hydrogens (tertiary/aromatic N) is 4. The summed E-state index contributed by atoms with van der Waals surface area (Å²) in [6.45, 7) is 10.2. The van der Waals surface area contributed by atoms with Crippen molar-refractivity contribution in [1.82, 2.24) is 14.7 Å². The lowest BCUT2D eigenvalue weighted by Gasteiger charge is -2.38. The summed E-state index contributed by atoms with van der Waals surface area (Å²) in [5.74, 6) is -0.0283. The van der Waals surface area contributed by atoms with Gasteiger partial charge in [-0.3, -0.25) is 14.5 Å². The number of amides is 4. The quantitative estimate of drug-likeness (QED) is 0.689. The summed E-state index contributed by atoms with van der Waals surface area (Å²) >= 11 is 0. The highest BCUT2D eigenvalue weighted by Crippen LogP contribution is 2.26. The van der Waals surface area contributed by atoms with Gasteiger partial charge >= 0.3 is 6.03 Å². The zero-order chi connectivity index (χ0) is 21.1. The smallest absolute Gasteiger partial charge is 0.332 e. The zero-order valence-corrected chi connectivity index (χ0v) is 17.9. The van der Waals surface area contributed by atoms with Crippen molar-refractivity contribution in [2.75, 3.05) is 31.1 Å². The second kappa shape index (κ2) is 8.95. The Labute approximate surface area is 173 Å². The Morgan fingerprint density at radius 2 is 1.62 bits per heavy atom. The van der Waals surface area contributed by atoms with Gasteiger partial charge in [0.1, 0.15) is 6.54 Å². The molecule has 2 aliphatic heterocycles. The van der Waals surface area contributed by atoms with Gasteiger partial charge in [-0.1, -0.05) is 18.2 Å². The van der Waals surface area contributed by atoms with Crippen LogP contribution in [0.3, 0.4) is 0 Å². The van der Waals surface area contributed by atoms with Crippen molar-refractivity contribution in [3.63, 3.8) is 0 Å². The molecule has 2 saturated heterocycles. The summed E-state index contributed by atoms with van der Waals surface area (Å²) in [7, 11) is 0. The van der Waals surface area contributed by atoms with Gasteiger partial charge < -0.3 is 9.80 Å². The average molecular weight is 401 g/mol. The molecule has 0 N–H and O–H groups in total. The average Bonchev–Trinajstić information content (AvgIpc) is 2.96. The Hall–Kier alpha value is -2.41. The van der Waals surface area contributed by atoms with E-state index in [0.29, 0.717) is 12.2 Å². The largest absolute Gasteiger partial charge is 0.337 e. The minimum Gasteiger partial charge on any atom is -0.337 e. The monoisotopic (exact) mass is 400 g/mol. The Morgan fingerprint density at radius 3 is 2.17 bits per heavy atom. The van der Waals surface area contributed by atoms with E-state index in [4.69, 9.17) is 0 Å². The van der Waals surface area contributed by atoms with Gasteiger partial charge in [-0.15, -0.1) is 0 Å². The number of carbonyl (C=O) groups excluding carboxylic acids is 3. The molecule has 2 fully saturated rings. The number of likely N-dealkylation sites (tertiary alicyclic amines) is 1. The number of urea groups is 1. The number of imide groups is 1. The first-order valence-corrected chi connectivity index (χ1v) is 10.5. The minimum absolute atomic E-state index is 0.0396. The molecule has 0 atom stereocenters. The third-order valence-corrected chi connectivity index (χ3v) is 5.76. The van der Waals surface area contributed by atoms with Crippen molar-refractivity contribution in [2.24, 2.45) is 0 Å². The van der Waals surface area contributed by atoms with Gasteiger partial charge in [0.25, 0.3) is 5.91 Å². The summed E-state index contributed by atoms with van der Waals surface area (Å²) in [5, 5.41) is 0. The molecule has 2 heterocycles. The van der Waals surface area contributed by atoms with Crippen LogP contribution in [0.15, 0.2) is 30.3 Å². The van der Waals surface area contributed by atoms with Gasteiger partial charge in [-0.25, -0.2) is 9.69 Å². The van der Waals surface area contributed by atoms with Crippen LogP contribution in [0.5, 0.6) is 0 Å². The third kappa shape index (κ3) is 4.61. The van der Waals surface area contributed by atoms with Crippen molar-refractivity contribution in [2.45, 2.75) is 58.7 Å². The summed E-state index contributed by atoms with van der Waals surface area (Å²) in [6.07, 6.45) is 1.55. The van der Waals surface area contributed by atoms with Gasteiger partial charge in [0.15, 0.2) is 0 Å². The summed E-state index contributed by atoms with van der Waals surface area (Å²) < 4.78 is 0. The van der Waals surface area contributed by atoms with Crippen LogP contribution < -0.4 is 4.90 Å². The van der Waals surface area contributed by atoms with E-state index in [9.17, 15) is 14.4 Å². The van der Waals surface area contributed by atoms with Crippen LogP contribution in [0.2, 0.25) is 0 Å². The Kier molecular flexibility index (Phi) is 6.57.